The van der Waals surface area contributed by atoms with Gasteiger partial charge in [-0.1, -0.05) is 0 Å². The first-order chi connectivity index (χ1) is 6.79. The summed E-state index contributed by atoms with van der Waals surface area (Å²) in [5.41, 5.74) is 0. The minimum atomic E-state index is 0.222. The third kappa shape index (κ3) is 1.91. The molecule has 1 saturated heterocycles. The van der Waals surface area contributed by atoms with Gasteiger partial charge in [0.2, 0.25) is 0 Å². The first-order valence-corrected chi connectivity index (χ1v) is 4.87. The molecule has 1 atom stereocenters. The largest absolute Gasteiger partial charge is 0.395 e. The van der Waals surface area contributed by atoms with Crippen molar-refractivity contribution in [3.8, 4) is 0 Å². The Morgan fingerprint density at radius 2 is 2.43 bits per heavy atom. The first kappa shape index (κ1) is 9.54. The summed E-state index contributed by atoms with van der Waals surface area (Å²) in [4.78, 5) is 3.66. The molecule has 0 amide bonds. The normalized spacial score (nSPS) is 23.1. The summed E-state index contributed by atoms with van der Waals surface area (Å²) in [6.07, 6.45) is 2.21. The fraction of sp³-hybridized carbons (Fsp3) is 0.875. The van der Waals surface area contributed by atoms with E-state index < -0.39 is 0 Å². The summed E-state index contributed by atoms with van der Waals surface area (Å²) >= 11 is 0. The molecule has 0 aromatic carbocycles. The van der Waals surface area contributed by atoms with Crippen LogP contribution in [0.1, 0.15) is 18.7 Å². The van der Waals surface area contributed by atoms with Crippen LogP contribution < -0.4 is 0 Å². The molecule has 1 aliphatic rings. The van der Waals surface area contributed by atoms with E-state index in [0.717, 1.165) is 25.2 Å². The summed E-state index contributed by atoms with van der Waals surface area (Å²) in [6, 6.07) is 0.277. The van der Waals surface area contributed by atoms with Crippen LogP contribution in [-0.2, 0) is 13.6 Å². The van der Waals surface area contributed by atoms with Gasteiger partial charge in [-0.2, -0.15) is 4.80 Å². The van der Waals surface area contributed by atoms with Gasteiger partial charge in [0.25, 0.3) is 0 Å². The van der Waals surface area contributed by atoms with Crippen molar-refractivity contribution in [2.45, 2.75) is 25.4 Å². The molecule has 1 fully saturated rings. The molecule has 0 radical (unpaired) electrons. The molecular weight excluding hydrogens is 182 g/mol. The molecule has 0 unspecified atom stereocenters. The standard InChI is InChI=1S/C8H15N5O/c1-12-10-8(9-11-12)5-13-4-2-3-7(13)6-14/h7,14H,2-6H2,1H3/t7-/m0/s1. The van der Waals surface area contributed by atoms with Gasteiger partial charge in [-0.3, -0.25) is 4.90 Å². The zero-order chi connectivity index (χ0) is 9.97. The number of rotatable bonds is 3. The molecule has 2 heterocycles. The monoisotopic (exact) mass is 197 g/mol. The van der Waals surface area contributed by atoms with E-state index in [4.69, 9.17) is 5.11 Å². The fourth-order valence-corrected chi connectivity index (χ4v) is 1.88. The molecule has 6 nitrogen and oxygen atoms in total. The van der Waals surface area contributed by atoms with Gasteiger partial charge in [-0.05, 0) is 24.6 Å². The highest BCUT2D eigenvalue weighted by molar-refractivity contribution is 4.84. The third-order valence-corrected chi connectivity index (χ3v) is 2.60. The molecule has 1 aliphatic heterocycles. The average molecular weight is 197 g/mol. The van der Waals surface area contributed by atoms with Gasteiger partial charge in [0.15, 0.2) is 5.82 Å². The van der Waals surface area contributed by atoms with Crippen molar-refractivity contribution in [1.29, 1.82) is 0 Å². The quantitative estimate of drug-likeness (QED) is 0.685. The summed E-state index contributed by atoms with van der Waals surface area (Å²) in [6.45, 7) is 1.93. The second kappa shape index (κ2) is 4.02. The fourth-order valence-electron chi connectivity index (χ4n) is 1.88. The number of aryl methyl sites for hydroxylation is 1. The molecule has 78 valence electrons. The van der Waals surface area contributed by atoms with Gasteiger partial charge in [0, 0.05) is 6.04 Å². The maximum absolute atomic E-state index is 9.12. The van der Waals surface area contributed by atoms with E-state index in [0.29, 0.717) is 6.54 Å². The molecule has 1 aromatic heterocycles. The number of aliphatic hydroxyl groups excluding tert-OH is 1. The molecule has 0 bridgehead atoms. The van der Waals surface area contributed by atoms with Gasteiger partial charge >= 0.3 is 0 Å². The van der Waals surface area contributed by atoms with Crippen molar-refractivity contribution in [3.63, 3.8) is 0 Å². The van der Waals surface area contributed by atoms with Crippen molar-refractivity contribution in [3.05, 3.63) is 5.82 Å². The van der Waals surface area contributed by atoms with Crippen LogP contribution in [0.3, 0.4) is 0 Å². The van der Waals surface area contributed by atoms with Crippen LogP contribution in [0.4, 0.5) is 0 Å². The maximum atomic E-state index is 9.12. The van der Waals surface area contributed by atoms with Crippen molar-refractivity contribution in [2.75, 3.05) is 13.2 Å². The smallest absolute Gasteiger partial charge is 0.188 e. The first-order valence-electron chi connectivity index (χ1n) is 4.87. The van der Waals surface area contributed by atoms with E-state index in [1.54, 1.807) is 7.05 Å². The Bertz CT molecular complexity index is 300. The molecule has 1 aromatic rings. The SMILES string of the molecule is Cn1nnc(CN2CCC[C@H]2CO)n1. The van der Waals surface area contributed by atoms with Crippen LogP contribution in [0.2, 0.25) is 0 Å². The lowest BCUT2D eigenvalue weighted by Gasteiger charge is -2.20. The number of nitrogens with zero attached hydrogens (tertiary/aromatic N) is 5. The van der Waals surface area contributed by atoms with Gasteiger partial charge < -0.3 is 5.11 Å². The second-order valence-corrected chi connectivity index (χ2v) is 3.64. The Kier molecular flexibility index (Phi) is 2.74. The molecule has 0 spiro atoms. The Balaban J connectivity index is 1.96. The molecule has 0 saturated carbocycles. The summed E-state index contributed by atoms with van der Waals surface area (Å²) in [5, 5.41) is 20.9. The van der Waals surface area contributed by atoms with Crippen LogP contribution in [0.5, 0.6) is 0 Å². The maximum Gasteiger partial charge on any atom is 0.188 e. The van der Waals surface area contributed by atoms with Crippen molar-refractivity contribution in [2.24, 2.45) is 7.05 Å². The zero-order valence-electron chi connectivity index (χ0n) is 8.30. The van der Waals surface area contributed by atoms with E-state index in [1.165, 1.54) is 4.80 Å². The van der Waals surface area contributed by atoms with Crippen LogP contribution in [0.25, 0.3) is 0 Å². The number of hydrogen-bond acceptors (Lipinski definition) is 5. The van der Waals surface area contributed by atoms with Crippen LogP contribution in [-0.4, -0.2) is 49.4 Å². The molecule has 1 N–H and O–H groups in total. The summed E-state index contributed by atoms with van der Waals surface area (Å²) in [7, 11) is 1.75. The number of tetrazole rings is 1. The Morgan fingerprint density at radius 1 is 1.57 bits per heavy atom. The molecule has 6 heteroatoms. The highest BCUT2D eigenvalue weighted by Gasteiger charge is 2.24. The number of aromatic nitrogens is 4. The Hall–Kier alpha value is -1.01. The average Bonchev–Trinajstić information content (AvgIpc) is 2.76. The van der Waals surface area contributed by atoms with E-state index in [2.05, 4.69) is 20.3 Å². The predicted molar refractivity (Wildman–Crippen MR) is 49.3 cm³/mol. The van der Waals surface area contributed by atoms with Crippen LogP contribution in [0, 0.1) is 0 Å². The van der Waals surface area contributed by atoms with Crippen molar-refractivity contribution in [1.82, 2.24) is 25.1 Å². The number of aliphatic hydroxyl groups is 1. The lowest BCUT2D eigenvalue weighted by molar-refractivity contribution is 0.151. The van der Waals surface area contributed by atoms with Crippen LogP contribution in [0.15, 0.2) is 0 Å². The third-order valence-electron chi connectivity index (χ3n) is 2.60. The zero-order valence-corrected chi connectivity index (χ0v) is 8.30. The Morgan fingerprint density at radius 3 is 3.07 bits per heavy atom. The van der Waals surface area contributed by atoms with Crippen molar-refractivity contribution < 1.29 is 5.11 Å². The number of hydrogen-bond donors (Lipinski definition) is 1. The van der Waals surface area contributed by atoms with Gasteiger partial charge in [0.05, 0.1) is 20.2 Å². The lowest BCUT2D eigenvalue weighted by atomic mass is 10.2. The predicted octanol–water partition coefficient (Wildman–Crippen LogP) is -0.833. The van der Waals surface area contributed by atoms with E-state index in [9.17, 15) is 0 Å². The van der Waals surface area contributed by atoms with E-state index in [1.807, 2.05) is 0 Å². The molecule has 14 heavy (non-hydrogen) atoms. The highest BCUT2D eigenvalue weighted by Crippen LogP contribution is 2.17. The highest BCUT2D eigenvalue weighted by atomic mass is 16.3. The molecule has 0 aliphatic carbocycles. The van der Waals surface area contributed by atoms with Gasteiger partial charge in [-0.25, -0.2) is 0 Å². The second-order valence-electron chi connectivity index (χ2n) is 3.64. The summed E-state index contributed by atoms with van der Waals surface area (Å²) < 4.78 is 0. The topological polar surface area (TPSA) is 67.1 Å². The Labute approximate surface area is 82.5 Å². The van der Waals surface area contributed by atoms with Crippen molar-refractivity contribution >= 4 is 0 Å². The minimum absolute atomic E-state index is 0.222. The van der Waals surface area contributed by atoms with Gasteiger partial charge in [0.1, 0.15) is 0 Å². The van der Waals surface area contributed by atoms with Gasteiger partial charge in [-0.15, -0.1) is 10.2 Å². The molecular formula is C8H15N5O. The molecule has 2 rings (SSSR count). The van der Waals surface area contributed by atoms with E-state index in [-0.39, 0.29) is 12.6 Å². The van der Waals surface area contributed by atoms with E-state index >= 15 is 0 Å². The number of likely N-dealkylation sites (tertiary alicyclic amines) is 1. The minimum Gasteiger partial charge on any atom is -0.395 e. The lowest BCUT2D eigenvalue weighted by Crippen LogP contribution is -2.32. The van der Waals surface area contributed by atoms with Crippen LogP contribution >= 0.6 is 0 Å². The summed E-state index contributed by atoms with van der Waals surface area (Å²) in [5.74, 6) is 0.729.